The molecule has 0 fully saturated rings. The Kier molecular flexibility index (Phi) is 8.38. The lowest BCUT2D eigenvalue weighted by molar-refractivity contribution is -0.137. The number of carbonyl (C=O) groups excluding carboxylic acids is 3. The molecule has 2 heterocycles. The Morgan fingerprint density at radius 1 is 1.05 bits per heavy atom. The number of benzene rings is 2. The van der Waals surface area contributed by atoms with Gasteiger partial charge < -0.3 is 15.5 Å². The van der Waals surface area contributed by atoms with Crippen LogP contribution in [0, 0.1) is 5.92 Å². The van der Waals surface area contributed by atoms with Gasteiger partial charge in [0.15, 0.2) is 0 Å². The van der Waals surface area contributed by atoms with Gasteiger partial charge in [0.05, 0.1) is 11.1 Å². The first-order valence-corrected chi connectivity index (χ1v) is 13.1. The smallest absolute Gasteiger partial charge is 0.352 e. The third-order valence-corrected chi connectivity index (χ3v) is 6.96. The minimum atomic E-state index is -4.52. The van der Waals surface area contributed by atoms with Crippen molar-refractivity contribution in [2.45, 2.75) is 52.3 Å². The van der Waals surface area contributed by atoms with E-state index < -0.39 is 46.7 Å². The Labute approximate surface area is 239 Å². The maximum Gasteiger partial charge on any atom is 0.416 e. The summed E-state index contributed by atoms with van der Waals surface area (Å²) in [6.07, 6.45) is -6.41. The number of fused-ring (bicyclic) bond motifs is 1. The minimum Gasteiger partial charge on any atom is -0.352 e. The predicted molar refractivity (Wildman–Crippen MR) is 146 cm³/mol. The van der Waals surface area contributed by atoms with E-state index in [0.29, 0.717) is 11.1 Å². The number of nitrogens with one attached hydrogen (secondary N) is 2. The van der Waals surface area contributed by atoms with E-state index in [1.54, 1.807) is 26.0 Å². The fourth-order valence-electron chi connectivity index (χ4n) is 4.69. The van der Waals surface area contributed by atoms with Gasteiger partial charge in [0.2, 0.25) is 5.91 Å². The normalized spacial score (nSPS) is 14.6. The standard InChI is InChI=1S/C30H29F5N4O3/c1-16(2)26(40)37-14-17-11-22(24(25(31)32)36-13-17)27(41)38-19-7-10-23-21(12-19)28(42)39(15-29(23,3)4)20-8-5-18(6-9-20)30(33,34)35/h5-13,16,25H,14-15H2,1-4H3,(H,37,40)(H,38,41). The van der Waals surface area contributed by atoms with Crippen molar-refractivity contribution in [1.29, 1.82) is 0 Å². The SMILES string of the molecule is CC(C)C(=O)NCc1cnc(C(F)F)c(C(=O)Nc2ccc3c(c2)C(=O)N(c2ccc(C(F)(F)F)cc2)CC3(C)C)c1. The maximum absolute atomic E-state index is 13.7. The van der Waals surface area contributed by atoms with Gasteiger partial charge in [0.1, 0.15) is 5.69 Å². The van der Waals surface area contributed by atoms with Crippen LogP contribution in [0.4, 0.5) is 33.3 Å². The molecule has 2 N–H and O–H groups in total. The minimum absolute atomic E-state index is 0.0178. The van der Waals surface area contributed by atoms with Crippen LogP contribution in [-0.4, -0.2) is 29.3 Å². The van der Waals surface area contributed by atoms with Gasteiger partial charge in [-0.3, -0.25) is 19.4 Å². The number of nitrogens with zero attached hydrogens (tertiary/aromatic N) is 2. The molecule has 4 rings (SSSR count). The molecule has 0 radical (unpaired) electrons. The van der Waals surface area contributed by atoms with Crippen molar-refractivity contribution in [3.05, 3.63) is 88.2 Å². The first-order chi connectivity index (χ1) is 19.6. The van der Waals surface area contributed by atoms with Crippen molar-refractivity contribution in [3.8, 4) is 0 Å². The summed E-state index contributed by atoms with van der Waals surface area (Å²) in [5, 5.41) is 5.19. The zero-order valence-corrected chi connectivity index (χ0v) is 23.3. The highest BCUT2D eigenvalue weighted by Crippen LogP contribution is 2.38. The van der Waals surface area contributed by atoms with E-state index in [0.717, 1.165) is 18.3 Å². The third kappa shape index (κ3) is 6.42. The lowest BCUT2D eigenvalue weighted by Gasteiger charge is -2.39. The Morgan fingerprint density at radius 3 is 2.31 bits per heavy atom. The molecule has 3 aromatic rings. The summed E-state index contributed by atoms with van der Waals surface area (Å²) >= 11 is 0. The second-order valence-corrected chi connectivity index (χ2v) is 11.0. The molecule has 7 nitrogen and oxygen atoms in total. The first kappa shape index (κ1) is 30.6. The number of hydrogen-bond acceptors (Lipinski definition) is 4. The van der Waals surface area contributed by atoms with Crippen LogP contribution in [0.5, 0.6) is 0 Å². The van der Waals surface area contributed by atoms with Crippen LogP contribution >= 0.6 is 0 Å². The van der Waals surface area contributed by atoms with E-state index in [9.17, 15) is 36.3 Å². The number of pyridine rings is 1. The van der Waals surface area contributed by atoms with Gasteiger partial charge in [0.25, 0.3) is 18.2 Å². The fraction of sp³-hybridized carbons (Fsp3) is 0.333. The quantitative estimate of drug-likeness (QED) is 0.308. The summed E-state index contributed by atoms with van der Waals surface area (Å²) in [4.78, 5) is 43.7. The lowest BCUT2D eigenvalue weighted by atomic mass is 9.77. The molecule has 0 atom stereocenters. The molecule has 1 aliphatic heterocycles. The number of rotatable bonds is 7. The Morgan fingerprint density at radius 2 is 1.71 bits per heavy atom. The van der Waals surface area contributed by atoms with E-state index >= 15 is 0 Å². The summed E-state index contributed by atoms with van der Waals surface area (Å²) in [5.74, 6) is -1.94. The Bertz CT molecular complexity index is 1520. The molecule has 3 amide bonds. The number of halogens is 5. The highest BCUT2D eigenvalue weighted by atomic mass is 19.4. The van der Waals surface area contributed by atoms with E-state index in [-0.39, 0.29) is 41.9 Å². The Hall–Kier alpha value is -4.35. The summed E-state index contributed by atoms with van der Waals surface area (Å²) < 4.78 is 66.5. The second-order valence-electron chi connectivity index (χ2n) is 11.0. The zero-order chi connectivity index (χ0) is 31.0. The number of alkyl halides is 5. The number of amides is 3. The van der Waals surface area contributed by atoms with Crippen LogP contribution < -0.4 is 15.5 Å². The zero-order valence-electron chi connectivity index (χ0n) is 23.3. The van der Waals surface area contributed by atoms with Crippen LogP contribution in [0.25, 0.3) is 0 Å². The fourth-order valence-corrected chi connectivity index (χ4v) is 4.69. The van der Waals surface area contributed by atoms with Gasteiger partial charge in [-0.15, -0.1) is 0 Å². The molecule has 0 saturated carbocycles. The topological polar surface area (TPSA) is 91.4 Å². The van der Waals surface area contributed by atoms with Crippen LogP contribution in [0.2, 0.25) is 0 Å². The largest absolute Gasteiger partial charge is 0.416 e. The third-order valence-electron chi connectivity index (χ3n) is 6.96. The maximum atomic E-state index is 13.7. The van der Waals surface area contributed by atoms with E-state index in [1.807, 2.05) is 13.8 Å². The van der Waals surface area contributed by atoms with Crippen molar-refractivity contribution in [2.24, 2.45) is 5.92 Å². The first-order valence-electron chi connectivity index (χ1n) is 13.1. The van der Waals surface area contributed by atoms with E-state index in [4.69, 9.17) is 0 Å². The van der Waals surface area contributed by atoms with Gasteiger partial charge >= 0.3 is 6.18 Å². The van der Waals surface area contributed by atoms with Crippen LogP contribution in [0.1, 0.15) is 77.2 Å². The molecule has 0 aliphatic carbocycles. The molecule has 1 aromatic heterocycles. The molecular weight excluding hydrogens is 559 g/mol. The molecule has 0 unspecified atom stereocenters. The average Bonchev–Trinajstić information content (AvgIpc) is 2.93. The molecule has 12 heteroatoms. The van der Waals surface area contributed by atoms with Crippen molar-refractivity contribution in [2.75, 3.05) is 16.8 Å². The van der Waals surface area contributed by atoms with Gasteiger partial charge in [-0.05, 0) is 53.6 Å². The van der Waals surface area contributed by atoms with E-state index in [1.165, 1.54) is 29.2 Å². The van der Waals surface area contributed by atoms with Crippen LogP contribution in [0.3, 0.4) is 0 Å². The molecule has 0 bridgehead atoms. The van der Waals surface area contributed by atoms with Gasteiger partial charge in [-0.2, -0.15) is 13.2 Å². The highest BCUT2D eigenvalue weighted by Gasteiger charge is 2.38. The summed E-state index contributed by atoms with van der Waals surface area (Å²) in [6.45, 7) is 7.31. The molecule has 222 valence electrons. The lowest BCUT2D eigenvalue weighted by Crippen LogP contribution is -2.47. The van der Waals surface area contributed by atoms with Crippen LogP contribution in [-0.2, 0) is 22.9 Å². The van der Waals surface area contributed by atoms with Crippen molar-refractivity contribution >= 4 is 29.1 Å². The van der Waals surface area contributed by atoms with E-state index in [2.05, 4.69) is 15.6 Å². The van der Waals surface area contributed by atoms with Crippen molar-refractivity contribution in [3.63, 3.8) is 0 Å². The van der Waals surface area contributed by atoms with Crippen molar-refractivity contribution < 1.29 is 36.3 Å². The second kappa shape index (κ2) is 11.5. The molecule has 0 spiro atoms. The number of aromatic nitrogens is 1. The summed E-state index contributed by atoms with van der Waals surface area (Å²) in [5.41, 5.74) is -0.945. The Balaban J connectivity index is 1.62. The molecule has 2 aromatic carbocycles. The highest BCUT2D eigenvalue weighted by molar-refractivity contribution is 6.10. The molecule has 0 saturated heterocycles. The average molecular weight is 589 g/mol. The molecule has 1 aliphatic rings. The molecule has 42 heavy (non-hydrogen) atoms. The molecular formula is C30H29F5N4O3. The van der Waals surface area contributed by atoms with Gasteiger partial charge in [-0.1, -0.05) is 33.8 Å². The summed E-state index contributed by atoms with van der Waals surface area (Å²) in [7, 11) is 0. The van der Waals surface area contributed by atoms with Crippen molar-refractivity contribution in [1.82, 2.24) is 10.3 Å². The number of carbonyl (C=O) groups is 3. The van der Waals surface area contributed by atoms with Gasteiger partial charge in [-0.25, -0.2) is 8.78 Å². The van der Waals surface area contributed by atoms with Gasteiger partial charge in [0, 0.05) is 47.6 Å². The van der Waals surface area contributed by atoms with Crippen LogP contribution in [0.15, 0.2) is 54.7 Å². The monoisotopic (exact) mass is 588 g/mol. The number of hydrogen-bond donors (Lipinski definition) is 2. The number of anilines is 2. The predicted octanol–water partition coefficient (Wildman–Crippen LogP) is 6.50. The summed E-state index contributed by atoms with van der Waals surface area (Å²) in [6, 6.07) is 10.1.